The van der Waals surface area contributed by atoms with Crippen molar-refractivity contribution in [1.82, 2.24) is 4.90 Å². The van der Waals surface area contributed by atoms with E-state index in [1.807, 2.05) is 24.3 Å². The van der Waals surface area contributed by atoms with Crippen LogP contribution in [0.2, 0.25) is 10.0 Å². The zero-order valence-electron chi connectivity index (χ0n) is 17.6. The molecule has 1 aliphatic heterocycles. The van der Waals surface area contributed by atoms with Gasteiger partial charge in [0.05, 0.1) is 28.4 Å². The average molecular weight is 440 g/mol. The van der Waals surface area contributed by atoms with Crippen LogP contribution in [0.25, 0.3) is 0 Å². The van der Waals surface area contributed by atoms with Gasteiger partial charge in [-0.25, -0.2) is 0 Å². The van der Waals surface area contributed by atoms with Crippen LogP contribution >= 0.6 is 23.2 Å². The molecule has 0 aliphatic carbocycles. The van der Waals surface area contributed by atoms with Crippen molar-refractivity contribution in [1.29, 1.82) is 5.26 Å². The second-order valence-electron chi connectivity index (χ2n) is 7.50. The smallest absolute Gasteiger partial charge is 0.0992 e. The topological polar surface area (TPSA) is 30.3 Å². The van der Waals surface area contributed by atoms with Crippen LogP contribution in [0.1, 0.15) is 37.9 Å². The summed E-state index contributed by atoms with van der Waals surface area (Å²) < 4.78 is 0. The van der Waals surface area contributed by atoms with E-state index in [0.29, 0.717) is 16.6 Å². The number of benzene rings is 2. The maximum atomic E-state index is 9.18. The third kappa shape index (κ3) is 4.90. The fourth-order valence-corrected chi connectivity index (χ4v) is 4.52. The monoisotopic (exact) mass is 439 g/mol. The molecule has 30 heavy (non-hydrogen) atoms. The summed E-state index contributed by atoms with van der Waals surface area (Å²) in [6.45, 7) is 9.05. The van der Waals surface area contributed by atoms with Gasteiger partial charge in [0.2, 0.25) is 0 Å². The molecule has 5 heteroatoms. The summed E-state index contributed by atoms with van der Waals surface area (Å²) in [5.74, 6) is 0. The second kappa shape index (κ2) is 10.2. The average Bonchev–Trinajstić information content (AvgIpc) is 2.77. The summed E-state index contributed by atoms with van der Waals surface area (Å²) in [7, 11) is 0. The number of allylic oxidation sites excluding steroid dienone is 2. The Labute approximate surface area is 189 Å². The highest BCUT2D eigenvalue weighted by Crippen LogP contribution is 2.37. The van der Waals surface area contributed by atoms with Crippen molar-refractivity contribution < 1.29 is 0 Å². The van der Waals surface area contributed by atoms with Gasteiger partial charge in [0.15, 0.2) is 0 Å². The number of nitriles is 1. The van der Waals surface area contributed by atoms with Gasteiger partial charge in [0.1, 0.15) is 0 Å². The van der Waals surface area contributed by atoms with Gasteiger partial charge in [-0.2, -0.15) is 5.26 Å². The van der Waals surface area contributed by atoms with Crippen LogP contribution in [0.4, 0.5) is 5.69 Å². The van der Waals surface area contributed by atoms with Gasteiger partial charge in [-0.3, -0.25) is 4.90 Å². The Morgan fingerprint density at radius 3 is 2.47 bits per heavy atom. The SMILES string of the molecule is CC=CC(=CC)C(C)N1CCN(c2ccc(C#N)cc2Cl)C(c2ccc(Cl)cc2)C1. The summed E-state index contributed by atoms with van der Waals surface area (Å²) in [4.78, 5) is 4.86. The minimum Gasteiger partial charge on any atom is -0.361 e. The molecule has 0 N–H and O–H groups in total. The van der Waals surface area contributed by atoms with E-state index in [1.54, 1.807) is 6.07 Å². The third-order valence-corrected chi connectivity index (χ3v) is 6.33. The molecule has 0 bridgehead atoms. The van der Waals surface area contributed by atoms with Crippen molar-refractivity contribution in [2.24, 2.45) is 0 Å². The lowest BCUT2D eigenvalue weighted by Crippen LogP contribution is -2.51. The summed E-state index contributed by atoms with van der Waals surface area (Å²) in [5, 5.41) is 10.5. The molecule has 0 amide bonds. The fourth-order valence-electron chi connectivity index (χ4n) is 4.10. The van der Waals surface area contributed by atoms with Gasteiger partial charge in [0, 0.05) is 30.7 Å². The molecule has 2 unspecified atom stereocenters. The van der Waals surface area contributed by atoms with E-state index in [4.69, 9.17) is 23.2 Å². The van der Waals surface area contributed by atoms with Crippen LogP contribution < -0.4 is 4.90 Å². The number of rotatable bonds is 5. The van der Waals surface area contributed by atoms with E-state index < -0.39 is 0 Å². The number of piperazine rings is 1. The quantitative estimate of drug-likeness (QED) is 0.489. The van der Waals surface area contributed by atoms with Crippen molar-refractivity contribution in [3.8, 4) is 6.07 Å². The highest BCUT2D eigenvalue weighted by Gasteiger charge is 2.32. The maximum Gasteiger partial charge on any atom is 0.0992 e. The van der Waals surface area contributed by atoms with Gasteiger partial charge in [-0.05, 0) is 62.2 Å². The Morgan fingerprint density at radius 1 is 1.13 bits per heavy atom. The van der Waals surface area contributed by atoms with Crippen molar-refractivity contribution in [3.63, 3.8) is 0 Å². The van der Waals surface area contributed by atoms with Crippen molar-refractivity contribution in [2.75, 3.05) is 24.5 Å². The molecule has 1 saturated heterocycles. The molecule has 2 atom stereocenters. The van der Waals surface area contributed by atoms with Crippen LogP contribution in [0, 0.1) is 11.3 Å². The number of hydrogen-bond donors (Lipinski definition) is 0. The van der Waals surface area contributed by atoms with E-state index >= 15 is 0 Å². The number of nitrogens with zero attached hydrogens (tertiary/aromatic N) is 3. The van der Waals surface area contributed by atoms with E-state index in [2.05, 4.69) is 67.0 Å². The van der Waals surface area contributed by atoms with E-state index in [1.165, 1.54) is 11.1 Å². The zero-order chi connectivity index (χ0) is 21.7. The first-order valence-corrected chi connectivity index (χ1v) is 11.0. The van der Waals surface area contributed by atoms with Crippen LogP contribution in [-0.2, 0) is 0 Å². The Hall–Kier alpha value is -2.25. The largest absolute Gasteiger partial charge is 0.361 e. The zero-order valence-corrected chi connectivity index (χ0v) is 19.2. The molecular formula is C25H27Cl2N3. The molecule has 156 valence electrons. The van der Waals surface area contributed by atoms with E-state index in [9.17, 15) is 5.26 Å². The number of anilines is 1. The molecule has 1 aliphatic rings. The molecule has 3 rings (SSSR count). The number of halogens is 2. The molecule has 0 spiro atoms. The Morgan fingerprint density at radius 2 is 1.87 bits per heavy atom. The molecule has 2 aromatic carbocycles. The lowest BCUT2D eigenvalue weighted by atomic mass is 9.98. The maximum absolute atomic E-state index is 9.18. The van der Waals surface area contributed by atoms with Crippen LogP contribution in [0.3, 0.4) is 0 Å². The van der Waals surface area contributed by atoms with Gasteiger partial charge >= 0.3 is 0 Å². The van der Waals surface area contributed by atoms with Crippen LogP contribution in [-0.4, -0.2) is 30.6 Å². The summed E-state index contributed by atoms with van der Waals surface area (Å²) >= 11 is 12.7. The molecule has 0 saturated carbocycles. The molecule has 0 aromatic heterocycles. The summed E-state index contributed by atoms with van der Waals surface area (Å²) in [6, 6.07) is 16.2. The van der Waals surface area contributed by atoms with Crippen LogP contribution in [0.5, 0.6) is 0 Å². The minimum absolute atomic E-state index is 0.132. The van der Waals surface area contributed by atoms with Crippen molar-refractivity contribution >= 4 is 28.9 Å². The highest BCUT2D eigenvalue weighted by atomic mass is 35.5. The van der Waals surface area contributed by atoms with Gasteiger partial charge < -0.3 is 4.90 Å². The predicted molar refractivity (Wildman–Crippen MR) is 127 cm³/mol. The summed E-state index contributed by atoms with van der Waals surface area (Å²) in [6.07, 6.45) is 6.47. The van der Waals surface area contributed by atoms with Crippen LogP contribution in [0.15, 0.2) is 66.3 Å². The Bertz CT molecular complexity index is 973. The Kier molecular flexibility index (Phi) is 7.61. The lowest BCUT2D eigenvalue weighted by Gasteiger charge is -2.45. The van der Waals surface area contributed by atoms with Gasteiger partial charge in [0.25, 0.3) is 0 Å². The molecule has 0 radical (unpaired) electrons. The first kappa shape index (κ1) is 22.4. The third-order valence-electron chi connectivity index (χ3n) is 5.78. The molecule has 1 fully saturated rings. The first-order chi connectivity index (χ1) is 14.5. The van der Waals surface area contributed by atoms with Crippen molar-refractivity contribution in [3.05, 3.63) is 87.4 Å². The molecule has 2 aromatic rings. The second-order valence-corrected chi connectivity index (χ2v) is 8.34. The molecular weight excluding hydrogens is 413 g/mol. The first-order valence-electron chi connectivity index (χ1n) is 10.2. The van der Waals surface area contributed by atoms with E-state index in [-0.39, 0.29) is 6.04 Å². The van der Waals surface area contributed by atoms with Gasteiger partial charge in [-0.1, -0.05) is 53.6 Å². The van der Waals surface area contributed by atoms with E-state index in [0.717, 1.165) is 30.3 Å². The lowest BCUT2D eigenvalue weighted by molar-refractivity contribution is 0.192. The van der Waals surface area contributed by atoms with Crippen molar-refractivity contribution in [2.45, 2.75) is 32.9 Å². The molecule has 1 heterocycles. The highest BCUT2D eigenvalue weighted by molar-refractivity contribution is 6.33. The predicted octanol–water partition coefficient (Wildman–Crippen LogP) is 6.64. The Balaban J connectivity index is 1.96. The number of hydrogen-bond acceptors (Lipinski definition) is 3. The standard InChI is InChI=1S/C25H27Cl2N3/c1-4-6-20(5-2)18(3)29-13-14-30(24-12-7-19(16-28)15-23(24)27)25(17-29)21-8-10-22(26)11-9-21/h4-12,15,18,25H,13-14,17H2,1-3H3. The summed E-state index contributed by atoms with van der Waals surface area (Å²) in [5.41, 5.74) is 4.05. The minimum atomic E-state index is 0.132. The fraction of sp³-hybridized carbons (Fsp3) is 0.320. The molecule has 3 nitrogen and oxygen atoms in total. The normalized spacial score (nSPS) is 19.1. The van der Waals surface area contributed by atoms with Gasteiger partial charge in [-0.15, -0.1) is 0 Å².